The first kappa shape index (κ1) is 13.1. The van der Waals surface area contributed by atoms with Gasteiger partial charge >= 0.3 is 5.97 Å². The third-order valence-electron chi connectivity index (χ3n) is 3.19. The van der Waals surface area contributed by atoms with Crippen molar-refractivity contribution in [2.24, 2.45) is 0 Å². The summed E-state index contributed by atoms with van der Waals surface area (Å²) in [7, 11) is 0. The van der Waals surface area contributed by atoms with Crippen molar-refractivity contribution in [3.63, 3.8) is 0 Å². The first-order valence-corrected chi connectivity index (χ1v) is 6.36. The van der Waals surface area contributed by atoms with Gasteiger partial charge in [0.25, 0.3) is 0 Å². The van der Waals surface area contributed by atoms with Gasteiger partial charge in [-0.2, -0.15) is 0 Å². The maximum Gasteiger partial charge on any atom is 0.303 e. The largest absolute Gasteiger partial charge is 0.481 e. The Labute approximate surface area is 107 Å². The standard InChI is InChI=1S/C14H19NO3/c16-14(17)7-4-8-15-9-10-18-13(11-15)12-5-2-1-3-6-12/h1-3,5-6,13H,4,7-11H2,(H,16,17). The van der Waals surface area contributed by atoms with E-state index < -0.39 is 5.97 Å². The fourth-order valence-corrected chi connectivity index (χ4v) is 2.23. The molecule has 98 valence electrons. The fourth-order valence-electron chi connectivity index (χ4n) is 2.23. The minimum Gasteiger partial charge on any atom is -0.481 e. The normalized spacial score (nSPS) is 20.8. The van der Waals surface area contributed by atoms with Crippen LogP contribution in [-0.2, 0) is 9.53 Å². The second kappa shape index (κ2) is 6.52. The zero-order chi connectivity index (χ0) is 12.8. The van der Waals surface area contributed by atoms with Crippen LogP contribution in [-0.4, -0.2) is 42.2 Å². The lowest BCUT2D eigenvalue weighted by Crippen LogP contribution is -2.38. The first-order valence-electron chi connectivity index (χ1n) is 6.36. The summed E-state index contributed by atoms with van der Waals surface area (Å²) in [6, 6.07) is 10.2. The van der Waals surface area contributed by atoms with Crippen molar-refractivity contribution in [2.45, 2.75) is 18.9 Å². The van der Waals surface area contributed by atoms with E-state index >= 15 is 0 Å². The van der Waals surface area contributed by atoms with Crippen molar-refractivity contribution in [3.8, 4) is 0 Å². The van der Waals surface area contributed by atoms with Crippen molar-refractivity contribution >= 4 is 5.97 Å². The quantitative estimate of drug-likeness (QED) is 0.866. The third-order valence-corrected chi connectivity index (χ3v) is 3.19. The highest BCUT2D eigenvalue weighted by atomic mass is 16.5. The van der Waals surface area contributed by atoms with Gasteiger partial charge in [0.1, 0.15) is 0 Å². The van der Waals surface area contributed by atoms with Crippen LogP contribution in [0.15, 0.2) is 30.3 Å². The molecule has 0 radical (unpaired) electrons. The fraction of sp³-hybridized carbons (Fsp3) is 0.500. The van der Waals surface area contributed by atoms with Gasteiger partial charge in [-0.1, -0.05) is 30.3 Å². The highest BCUT2D eigenvalue weighted by molar-refractivity contribution is 5.66. The number of hydrogen-bond acceptors (Lipinski definition) is 3. The molecular weight excluding hydrogens is 230 g/mol. The molecule has 1 aromatic carbocycles. The molecular formula is C14H19NO3. The Hall–Kier alpha value is -1.39. The summed E-state index contributed by atoms with van der Waals surface area (Å²) in [4.78, 5) is 12.8. The number of benzene rings is 1. The van der Waals surface area contributed by atoms with E-state index in [4.69, 9.17) is 9.84 Å². The summed E-state index contributed by atoms with van der Waals surface area (Å²) in [5, 5.41) is 8.63. The van der Waals surface area contributed by atoms with Crippen LogP contribution in [0.4, 0.5) is 0 Å². The Balaban J connectivity index is 1.83. The van der Waals surface area contributed by atoms with E-state index in [0.29, 0.717) is 13.0 Å². The Morgan fingerprint density at radius 3 is 2.89 bits per heavy atom. The molecule has 1 aliphatic heterocycles. The lowest BCUT2D eigenvalue weighted by atomic mass is 10.1. The summed E-state index contributed by atoms with van der Waals surface area (Å²) >= 11 is 0. The zero-order valence-corrected chi connectivity index (χ0v) is 10.4. The van der Waals surface area contributed by atoms with E-state index in [1.165, 1.54) is 5.56 Å². The molecule has 1 saturated heterocycles. The highest BCUT2D eigenvalue weighted by Gasteiger charge is 2.21. The predicted octanol–water partition coefficient (Wildman–Crippen LogP) is 1.92. The van der Waals surface area contributed by atoms with Gasteiger partial charge in [-0.3, -0.25) is 9.69 Å². The second-order valence-electron chi connectivity index (χ2n) is 4.57. The van der Waals surface area contributed by atoms with Crippen molar-refractivity contribution in [2.75, 3.05) is 26.2 Å². The minimum absolute atomic E-state index is 0.116. The topological polar surface area (TPSA) is 49.8 Å². The number of morpholine rings is 1. The molecule has 4 nitrogen and oxygen atoms in total. The average Bonchev–Trinajstić information content (AvgIpc) is 2.40. The Morgan fingerprint density at radius 1 is 1.39 bits per heavy atom. The maximum atomic E-state index is 10.5. The molecule has 1 unspecified atom stereocenters. The number of hydrogen-bond donors (Lipinski definition) is 1. The van der Waals surface area contributed by atoms with Crippen LogP contribution >= 0.6 is 0 Å². The van der Waals surface area contributed by atoms with Crippen LogP contribution in [0.2, 0.25) is 0 Å². The van der Waals surface area contributed by atoms with Gasteiger partial charge in [0, 0.05) is 19.5 Å². The van der Waals surface area contributed by atoms with Crippen LogP contribution in [0.5, 0.6) is 0 Å². The molecule has 1 heterocycles. The van der Waals surface area contributed by atoms with Crippen molar-refractivity contribution in [3.05, 3.63) is 35.9 Å². The van der Waals surface area contributed by atoms with Crippen LogP contribution in [0.1, 0.15) is 24.5 Å². The lowest BCUT2D eigenvalue weighted by Gasteiger charge is -2.33. The Morgan fingerprint density at radius 2 is 2.17 bits per heavy atom. The van der Waals surface area contributed by atoms with Gasteiger partial charge in [0.05, 0.1) is 12.7 Å². The average molecular weight is 249 g/mol. The molecule has 0 saturated carbocycles. The summed E-state index contributed by atoms with van der Waals surface area (Å²) in [5.41, 5.74) is 1.19. The molecule has 0 spiro atoms. The van der Waals surface area contributed by atoms with Crippen molar-refractivity contribution < 1.29 is 14.6 Å². The van der Waals surface area contributed by atoms with Gasteiger partial charge in [0.2, 0.25) is 0 Å². The predicted molar refractivity (Wildman–Crippen MR) is 68.4 cm³/mol. The SMILES string of the molecule is O=C(O)CCCN1CCOC(c2ccccc2)C1. The van der Waals surface area contributed by atoms with Crippen molar-refractivity contribution in [1.82, 2.24) is 4.90 Å². The molecule has 4 heteroatoms. The minimum atomic E-state index is -0.720. The van der Waals surface area contributed by atoms with Crippen LogP contribution < -0.4 is 0 Å². The van der Waals surface area contributed by atoms with Gasteiger partial charge in [-0.15, -0.1) is 0 Å². The first-order chi connectivity index (χ1) is 8.75. The molecule has 2 rings (SSSR count). The number of ether oxygens (including phenoxy) is 1. The molecule has 1 aromatic rings. The zero-order valence-electron chi connectivity index (χ0n) is 10.4. The Kier molecular flexibility index (Phi) is 4.73. The summed E-state index contributed by atoms with van der Waals surface area (Å²) in [6.45, 7) is 3.29. The number of carbonyl (C=O) groups is 1. The van der Waals surface area contributed by atoms with Crippen molar-refractivity contribution in [1.29, 1.82) is 0 Å². The molecule has 0 bridgehead atoms. The van der Waals surface area contributed by atoms with Gasteiger partial charge < -0.3 is 9.84 Å². The van der Waals surface area contributed by atoms with Gasteiger partial charge in [0.15, 0.2) is 0 Å². The molecule has 1 atom stereocenters. The molecule has 0 aliphatic carbocycles. The molecule has 18 heavy (non-hydrogen) atoms. The number of aliphatic carboxylic acids is 1. The summed E-state index contributed by atoms with van der Waals surface area (Å²) in [6.07, 6.45) is 1.06. The van der Waals surface area contributed by atoms with E-state index in [1.54, 1.807) is 0 Å². The second-order valence-corrected chi connectivity index (χ2v) is 4.57. The number of carboxylic acid groups (broad SMARTS) is 1. The van der Waals surface area contributed by atoms with E-state index in [1.807, 2.05) is 18.2 Å². The highest BCUT2D eigenvalue weighted by Crippen LogP contribution is 2.21. The monoisotopic (exact) mass is 249 g/mol. The molecule has 1 aliphatic rings. The van der Waals surface area contributed by atoms with Crippen LogP contribution in [0.3, 0.4) is 0 Å². The van der Waals surface area contributed by atoms with Crippen LogP contribution in [0.25, 0.3) is 0 Å². The number of rotatable bonds is 5. The van der Waals surface area contributed by atoms with E-state index in [0.717, 1.165) is 19.6 Å². The molecule has 1 fully saturated rings. The maximum absolute atomic E-state index is 10.5. The number of nitrogens with zero attached hydrogens (tertiary/aromatic N) is 1. The molecule has 0 amide bonds. The third kappa shape index (κ3) is 3.82. The lowest BCUT2D eigenvalue weighted by molar-refractivity contribution is -0.137. The Bertz CT molecular complexity index is 380. The molecule has 0 aromatic heterocycles. The smallest absolute Gasteiger partial charge is 0.303 e. The van der Waals surface area contributed by atoms with Gasteiger partial charge in [-0.25, -0.2) is 0 Å². The number of carboxylic acids is 1. The van der Waals surface area contributed by atoms with E-state index in [-0.39, 0.29) is 12.5 Å². The summed E-state index contributed by atoms with van der Waals surface area (Å²) in [5.74, 6) is -0.720. The van der Waals surface area contributed by atoms with Crippen LogP contribution in [0, 0.1) is 0 Å². The molecule has 1 N–H and O–H groups in total. The van der Waals surface area contributed by atoms with E-state index in [9.17, 15) is 4.79 Å². The van der Waals surface area contributed by atoms with E-state index in [2.05, 4.69) is 17.0 Å². The van der Waals surface area contributed by atoms with Gasteiger partial charge in [-0.05, 0) is 18.5 Å². The summed E-state index contributed by atoms with van der Waals surface area (Å²) < 4.78 is 5.76.